The molecule has 0 radical (unpaired) electrons. The molecule has 4 heteroatoms. The molecule has 0 aliphatic rings. The van der Waals surface area contributed by atoms with E-state index in [-0.39, 0.29) is 0 Å². The molecule has 1 aromatic heterocycles. The summed E-state index contributed by atoms with van der Waals surface area (Å²) in [4.78, 5) is 4.58. The second-order valence-corrected chi connectivity index (χ2v) is 4.19. The molecule has 1 heterocycles. The minimum atomic E-state index is 0.447. The quantitative estimate of drug-likeness (QED) is 0.898. The predicted octanol–water partition coefficient (Wildman–Crippen LogP) is 2.25. The summed E-state index contributed by atoms with van der Waals surface area (Å²) < 4.78 is 7.54. The lowest BCUT2D eigenvalue weighted by atomic mass is 10.1. The van der Waals surface area contributed by atoms with Gasteiger partial charge in [-0.05, 0) is 26.0 Å². The fourth-order valence-electron chi connectivity index (χ4n) is 1.99. The first-order chi connectivity index (χ1) is 8.67. The number of nitrogens with zero attached hydrogens (tertiary/aromatic N) is 2. The van der Waals surface area contributed by atoms with Gasteiger partial charge in [0, 0.05) is 18.3 Å². The minimum Gasteiger partial charge on any atom is -0.494 e. The molecule has 0 aliphatic heterocycles. The number of aromatic nitrogens is 2. The van der Waals surface area contributed by atoms with Crippen molar-refractivity contribution < 1.29 is 4.74 Å². The number of nitrogens with two attached hydrogens (primary N) is 1. The summed E-state index contributed by atoms with van der Waals surface area (Å²) in [7, 11) is 1.99. The first-order valence-corrected chi connectivity index (χ1v) is 6.12. The van der Waals surface area contributed by atoms with E-state index in [4.69, 9.17) is 10.5 Å². The minimum absolute atomic E-state index is 0.447. The Balaban J connectivity index is 2.45. The van der Waals surface area contributed by atoms with Gasteiger partial charge < -0.3 is 15.0 Å². The molecular formula is C14H19N3O. The molecule has 1 aromatic carbocycles. The van der Waals surface area contributed by atoms with Gasteiger partial charge in [0.05, 0.1) is 18.8 Å². The van der Waals surface area contributed by atoms with Gasteiger partial charge in [-0.3, -0.25) is 0 Å². The highest BCUT2D eigenvalue weighted by Crippen LogP contribution is 2.26. The molecule has 0 spiro atoms. The Kier molecular flexibility index (Phi) is 3.67. The first-order valence-electron chi connectivity index (χ1n) is 6.12. The van der Waals surface area contributed by atoms with Crippen LogP contribution in [0.4, 0.5) is 0 Å². The van der Waals surface area contributed by atoms with Crippen molar-refractivity contribution in [3.05, 3.63) is 35.8 Å². The largest absolute Gasteiger partial charge is 0.494 e. The molecule has 18 heavy (non-hydrogen) atoms. The number of hydrogen-bond donors (Lipinski definition) is 1. The zero-order valence-electron chi connectivity index (χ0n) is 11.1. The smallest absolute Gasteiger partial charge is 0.123 e. The fraction of sp³-hybridized carbons (Fsp3) is 0.357. The molecule has 0 amide bonds. The Labute approximate surface area is 107 Å². The van der Waals surface area contributed by atoms with Crippen LogP contribution in [0.1, 0.15) is 18.4 Å². The van der Waals surface area contributed by atoms with Gasteiger partial charge in [-0.25, -0.2) is 4.98 Å². The van der Waals surface area contributed by atoms with E-state index in [1.165, 1.54) is 0 Å². The van der Waals surface area contributed by atoms with E-state index in [0.29, 0.717) is 13.2 Å². The molecule has 2 rings (SSSR count). The van der Waals surface area contributed by atoms with E-state index in [1.807, 2.05) is 42.8 Å². The van der Waals surface area contributed by atoms with Crippen LogP contribution in [0.2, 0.25) is 0 Å². The van der Waals surface area contributed by atoms with Crippen molar-refractivity contribution in [2.45, 2.75) is 20.4 Å². The van der Waals surface area contributed by atoms with E-state index < -0.39 is 0 Å². The highest BCUT2D eigenvalue weighted by atomic mass is 16.5. The molecule has 0 saturated heterocycles. The third-order valence-corrected chi connectivity index (χ3v) is 3.07. The molecule has 2 aromatic rings. The van der Waals surface area contributed by atoms with Crippen molar-refractivity contribution in [1.29, 1.82) is 0 Å². The Hall–Kier alpha value is -1.81. The van der Waals surface area contributed by atoms with Crippen molar-refractivity contribution >= 4 is 0 Å². The molecule has 0 bridgehead atoms. The van der Waals surface area contributed by atoms with Crippen molar-refractivity contribution in [3.8, 4) is 17.0 Å². The van der Waals surface area contributed by atoms with Gasteiger partial charge in [0.1, 0.15) is 11.6 Å². The van der Waals surface area contributed by atoms with Gasteiger partial charge >= 0.3 is 0 Å². The van der Waals surface area contributed by atoms with E-state index in [9.17, 15) is 0 Å². The average molecular weight is 245 g/mol. The molecule has 0 aliphatic carbocycles. The third kappa shape index (κ3) is 2.24. The summed E-state index contributed by atoms with van der Waals surface area (Å²) >= 11 is 0. The zero-order chi connectivity index (χ0) is 13.1. The third-order valence-electron chi connectivity index (χ3n) is 3.07. The second-order valence-electron chi connectivity index (χ2n) is 4.19. The normalized spacial score (nSPS) is 10.7. The van der Waals surface area contributed by atoms with Crippen LogP contribution in [0, 0.1) is 6.92 Å². The fourth-order valence-corrected chi connectivity index (χ4v) is 1.99. The van der Waals surface area contributed by atoms with Gasteiger partial charge in [-0.2, -0.15) is 0 Å². The topological polar surface area (TPSA) is 53.1 Å². The van der Waals surface area contributed by atoms with Crippen LogP contribution in [-0.2, 0) is 13.6 Å². The molecule has 0 fully saturated rings. The maximum absolute atomic E-state index is 5.68. The summed E-state index contributed by atoms with van der Waals surface area (Å²) in [5, 5.41) is 0. The zero-order valence-corrected chi connectivity index (χ0v) is 11.1. The maximum Gasteiger partial charge on any atom is 0.123 e. The number of rotatable bonds is 4. The van der Waals surface area contributed by atoms with Crippen molar-refractivity contribution in [2.75, 3.05) is 6.61 Å². The summed E-state index contributed by atoms with van der Waals surface area (Å²) in [5.41, 5.74) is 8.83. The summed E-state index contributed by atoms with van der Waals surface area (Å²) in [6.45, 7) is 5.14. The number of benzene rings is 1. The van der Waals surface area contributed by atoms with Crippen molar-refractivity contribution in [3.63, 3.8) is 0 Å². The molecule has 0 unspecified atom stereocenters. The summed E-state index contributed by atoms with van der Waals surface area (Å²) in [5.74, 6) is 1.76. The lowest BCUT2D eigenvalue weighted by molar-refractivity contribution is 0.340. The Bertz CT molecular complexity index is 546. The molecular weight excluding hydrogens is 226 g/mol. The monoisotopic (exact) mass is 245 g/mol. The second kappa shape index (κ2) is 5.23. The molecule has 96 valence electrons. The lowest BCUT2D eigenvalue weighted by Gasteiger charge is -2.05. The SMILES string of the molecule is CCOc1cccc(-c2nc(CN)n(C)c2C)c1. The molecule has 2 N–H and O–H groups in total. The van der Waals surface area contributed by atoms with E-state index in [1.54, 1.807) is 0 Å². The van der Waals surface area contributed by atoms with Crippen LogP contribution in [0.3, 0.4) is 0 Å². The highest BCUT2D eigenvalue weighted by molar-refractivity contribution is 5.64. The number of hydrogen-bond acceptors (Lipinski definition) is 3. The van der Waals surface area contributed by atoms with Gasteiger partial charge in [0.25, 0.3) is 0 Å². The summed E-state index contributed by atoms with van der Waals surface area (Å²) in [6, 6.07) is 7.99. The van der Waals surface area contributed by atoms with Crippen LogP contribution in [0.5, 0.6) is 5.75 Å². The van der Waals surface area contributed by atoms with Crippen LogP contribution < -0.4 is 10.5 Å². The number of ether oxygens (including phenoxy) is 1. The first kappa shape index (κ1) is 12.6. The Morgan fingerprint density at radius 1 is 1.39 bits per heavy atom. The van der Waals surface area contributed by atoms with Crippen molar-refractivity contribution in [1.82, 2.24) is 9.55 Å². The van der Waals surface area contributed by atoms with Gasteiger partial charge in [0.15, 0.2) is 0 Å². The van der Waals surface area contributed by atoms with E-state index in [2.05, 4.69) is 11.9 Å². The van der Waals surface area contributed by atoms with Gasteiger partial charge in [0.2, 0.25) is 0 Å². The lowest BCUT2D eigenvalue weighted by Crippen LogP contribution is -2.05. The van der Waals surface area contributed by atoms with Crippen LogP contribution in [0.15, 0.2) is 24.3 Å². The van der Waals surface area contributed by atoms with Crippen molar-refractivity contribution in [2.24, 2.45) is 12.8 Å². The van der Waals surface area contributed by atoms with Crippen LogP contribution >= 0.6 is 0 Å². The van der Waals surface area contributed by atoms with Crippen LogP contribution in [0.25, 0.3) is 11.3 Å². The molecule has 4 nitrogen and oxygen atoms in total. The molecule has 0 atom stereocenters. The Morgan fingerprint density at radius 3 is 2.78 bits per heavy atom. The maximum atomic E-state index is 5.68. The van der Waals surface area contributed by atoms with Crippen LogP contribution in [-0.4, -0.2) is 16.2 Å². The van der Waals surface area contributed by atoms with E-state index >= 15 is 0 Å². The van der Waals surface area contributed by atoms with Gasteiger partial charge in [-0.15, -0.1) is 0 Å². The van der Waals surface area contributed by atoms with Gasteiger partial charge in [-0.1, -0.05) is 12.1 Å². The predicted molar refractivity (Wildman–Crippen MR) is 72.4 cm³/mol. The standard InChI is InChI=1S/C14H19N3O/c1-4-18-12-7-5-6-11(8-12)14-10(2)17(3)13(9-15)16-14/h5-8H,4,9,15H2,1-3H3. The molecule has 0 saturated carbocycles. The Morgan fingerprint density at radius 2 is 2.17 bits per heavy atom. The number of imidazole rings is 1. The average Bonchev–Trinajstić information content (AvgIpc) is 2.67. The van der Waals surface area contributed by atoms with E-state index in [0.717, 1.165) is 28.5 Å². The highest BCUT2D eigenvalue weighted by Gasteiger charge is 2.12. The summed E-state index contributed by atoms with van der Waals surface area (Å²) in [6.07, 6.45) is 0.